The molecule has 2 heterocycles. The molecule has 2 unspecified atom stereocenters. The van der Waals surface area contributed by atoms with E-state index in [-0.39, 0.29) is 4.86 Å². The fraction of sp³-hybridized carbons (Fsp3) is 0.500. The van der Waals surface area contributed by atoms with Crippen LogP contribution in [0.4, 0.5) is 0 Å². The largest absolute Gasteiger partial charge is 0.232 e. The Kier molecular flexibility index (Phi) is 4.37. The first-order chi connectivity index (χ1) is 11.0. The molecule has 0 radical (unpaired) electrons. The SMILES string of the molecule is CN1NC(C)(c2ccccc2)N[N+]1(C)OCCCn1cnnn1. The summed E-state index contributed by atoms with van der Waals surface area (Å²) in [5.41, 5.74) is 7.65. The lowest BCUT2D eigenvalue weighted by Crippen LogP contribution is -2.59. The van der Waals surface area contributed by atoms with Gasteiger partial charge in [-0.05, 0) is 39.3 Å². The van der Waals surface area contributed by atoms with Crippen molar-refractivity contribution in [2.24, 2.45) is 0 Å². The van der Waals surface area contributed by atoms with E-state index in [1.165, 1.54) is 0 Å². The molecule has 1 saturated heterocycles. The highest BCUT2D eigenvalue weighted by Crippen LogP contribution is 2.26. The van der Waals surface area contributed by atoms with Crippen LogP contribution in [0.1, 0.15) is 18.9 Å². The number of rotatable bonds is 6. The Balaban J connectivity index is 1.58. The van der Waals surface area contributed by atoms with Crippen LogP contribution in [-0.2, 0) is 17.0 Å². The molecular weight excluding hydrogens is 296 g/mol. The lowest BCUT2D eigenvalue weighted by atomic mass is 10.0. The first-order valence-electron chi connectivity index (χ1n) is 7.61. The van der Waals surface area contributed by atoms with Crippen molar-refractivity contribution in [2.75, 3.05) is 20.7 Å². The van der Waals surface area contributed by atoms with Gasteiger partial charge < -0.3 is 0 Å². The number of hydrogen-bond donors (Lipinski definition) is 2. The number of benzene rings is 1. The molecular formula is C14H23N8O+. The lowest BCUT2D eigenvalue weighted by Gasteiger charge is -2.29. The molecule has 1 fully saturated rings. The minimum absolute atomic E-state index is 0.140. The van der Waals surface area contributed by atoms with Crippen LogP contribution >= 0.6 is 0 Å². The van der Waals surface area contributed by atoms with Gasteiger partial charge in [-0.2, -0.15) is 10.3 Å². The number of tetrazole rings is 1. The number of hydrogen-bond acceptors (Lipinski definition) is 7. The van der Waals surface area contributed by atoms with E-state index in [0.29, 0.717) is 6.61 Å². The maximum atomic E-state index is 6.03. The molecule has 0 bridgehead atoms. The highest BCUT2D eigenvalue weighted by atomic mass is 16.8. The molecule has 9 heteroatoms. The Morgan fingerprint density at radius 2 is 2.09 bits per heavy atom. The summed E-state index contributed by atoms with van der Waals surface area (Å²) in [5, 5.41) is 13.0. The van der Waals surface area contributed by atoms with Crippen LogP contribution in [0.15, 0.2) is 36.7 Å². The van der Waals surface area contributed by atoms with E-state index in [1.54, 1.807) is 11.0 Å². The third kappa shape index (κ3) is 3.38. The quantitative estimate of drug-likeness (QED) is 0.581. The second-order valence-electron chi connectivity index (χ2n) is 5.88. The standard InChI is InChI=1S/C14H23N8O/c1-14(13-8-5-4-6-9-13)16-20(2)22(3,17-14)23-11-7-10-21-12-15-18-19-21/h4-6,8-9,12,16-17H,7,10-11H2,1-3H3/q+1. The van der Waals surface area contributed by atoms with Crippen LogP contribution < -0.4 is 10.9 Å². The summed E-state index contributed by atoms with van der Waals surface area (Å²) >= 11 is 0. The molecule has 1 aromatic heterocycles. The fourth-order valence-corrected chi connectivity index (χ4v) is 2.70. The summed E-state index contributed by atoms with van der Waals surface area (Å²) in [7, 11) is 3.90. The van der Waals surface area contributed by atoms with Gasteiger partial charge in [0, 0.05) is 6.54 Å². The average Bonchev–Trinajstić information content (AvgIpc) is 3.13. The molecule has 0 aliphatic carbocycles. The summed E-state index contributed by atoms with van der Waals surface area (Å²) in [6, 6.07) is 10.2. The van der Waals surface area contributed by atoms with Crippen LogP contribution in [0.3, 0.4) is 0 Å². The Morgan fingerprint density at radius 3 is 2.78 bits per heavy atom. The maximum absolute atomic E-state index is 6.03. The molecule has 2 aromatic rings. The summed E-state index contributed by atoms with van der Waals surface area (Å²) in [5.74, 6) is 0. The predicted molar refractivity (Wildman–Crippen MR) is 82.4 cm³/mol. The van der Waals surface area contributed by atoms with Crippen LogP contribution in [0.5, 0.6) is 0 Å². The minimum Gasteiger partial charge on any atom is -0.232 e. The molecule has 2 N–H and O–H groups in total. The number of aromatic nitrogens is 4. The van der Waals surface area contributed by atoms with E-state index >= 15 is 0 Å². The third-order valence-electron chi connectivity index (χ3n) is 4.01. The van der Waals surface area contributed by atoms with E-state index in [4.69, 9.17) is 4.84 Å². The maximum Gasteiger partial charge on any atom is 0.161 e. The first-order valence-corrected chi connectivity index (χ1v) is 7.61. The number of hydrazine groups is 1. The van der Waals surface area contributed by atoms with Crippen molar-refractivity contribution in [1.82, 2.24) is 36.2 Å². The zero-order valence-electron chi connectivity index (χ0n) is 13.7. The Morgan fingerprint density at radius 1 is 1.30 bits per heavy atom. The molecule has 9 nitrogen and oxygen atoms in total. The summed E-state index contributed by atoms with van der Waals surface area (Å²) < 4.78 is 1.69. The minimum atomic E-state index is -0.402. The average molecular weight is 319 g/mol. The summed E-state index contributed by atoms with van der Waals surface area (Å²) in [6.45, 7) is 3.38. The van der Waals surface area contributed by atoms with Gasteiger partial charge in [0.05, 0.1) is 7.05 Å². The number of nitrogens with zero attached hydrogens (tertiary/aromatic N) is 6. The Labute approximate surface area is 135 Å². The molecule has 3 rings (SSSR count). The first kappa shape index (κ1) is 16.0. The smallest absolute Gasteiger partial charge is 0.161 e. The van der Waals surface area contributed by atoms with Crippen LogP contribution in [0, 0.1) is 0 Å². The van der Waals surface area contributed by atoms with Crippen LogP contribution in [0.25, 0.3) is 0 Å². The van der Waals surface area contributed by atoms with Gasteiger partial charge in [-0.25, -0.2) is 4.68 Å². The molecule has 1 aromatic carbocycles. The molecule has 0 amide bonds. The van der Waals surface area contributed by atoms with Crippen LogP contribution in [-0.4, -0.2) is 50.9 Å². The Hall–Kier alpha value is -1.91. The second-order valence-corrected chi connectivity index (χ2v) is 5.88. The third-order valence-corrected chi connectivity index (χ3v) is 4.01. The van der Waals surface area contributed by atoms with Gasteiger partial charge in [0.25, 0.3) is 0 Å². The van der Waals surface area contributed by atoms with E-state index in [1.807, 2.05) is 37.4 Å². The molecule has 0 saturated carbocycles. The normalized spacial score (nSPS) is 28.3. The molecule has 23 heavy (non-hydrogen) atoms. The van der Waals surface area contributed by atoms with Gasteiger partial charge in [-0.3, -0.25) is 0 Å². The molecule has 124 valence electrons. The lowest BCUT2D eigenvalue weighted by molar-refractivity contribution is -1.20. The number of hydroxylamine groups is 1. The fourth-order valence-electron chi connectivity index (χ4n) is 2.70. The number of nitrogens with one attached hydrogen (secondary N) is 2. The van der Waals surface area contributed by atoms with Crippen molar-refractivity contribution in [1.29, 1.82) is 0 Å². The van der Waals surface area contributed by atoms with Crippen molar-refractivity contribution in [3.63, 3.8) is 0 Å². The molecule has 1 aliphatic rings. The summed E-state index contributed by atoms with van der Waals surface area (Å²) in [4.78, 5) is 6.17. The van der Waals surface area contributed by atoms with Crippen molar-refractivity contribution < 1.29 is 9.70 Å². The zero-order chi connectivity index (χ0) is 16.3. The zero-order valence-corrected chi connectivity index (χ0v) is 13.7. The van der Waals surface area contributed by atoms with Crippen molar-refractivity contribution >= 4 is 0 Å². The van der Waals surface area contributed by atoms with E-state index in [9.17, 15) is 0 Å². The van der Waals surface area contributed by atoms with Crippen molar-refractivity contribution in [3.8, 4) is 0 Å². The second kappa shape index (κ2) is 6.30. The summed E-state index contributed by atoms with van der Waals surface area (Å²) in [6.07, 6.45) is 2.42. The van der Waals surface area contributed by atoms with Gasteiger partial charge in [0.15, 0.2) is 5.66 Å². The monoisotopic (exact) mass is 319 g/mol. The highest BCUT2D eigenvalue weighted by molar-refractivity contribution is 5.22. The van der Waals surface area contributed by atoms with Gasteiger partial charge in [0.2, 0.25) is 0 Å². The van der Waals surface area contributed by atoms with E-state index in [2.05, 4.69) is 45.4 Å². The van der Waals surface area contributed by atoms with E-state index in [0.717, 1.165) is 18.5 Å². The van der Waals surface area contributed by atoms with Crippen molar-refractivity contribution in [2.45, 2.75) is 25.6 Å². The molecule has 1 aliphatic heterocycles. The molecule has 2 atom stereocenters. The van der Waals surface area contributed by atoms with Gasteiger partial charge in [-0.1, -0.05) is 35.8 Å². The Bertz CT molecular complexity index is 621. The topological polar surface area (TPSA) is 80.1 Å². The molecule has 0 spiro atoms. The van der Waals surface area contributed by atoms with Crippen LogP contribution in [0.2, 0.25) is 0 Å². The van der Waals surface area contributed by atoms with Gasteiger partial charge >= 0.3 is 0 Å². The van der Waals surface area contributed by atoms with Gasteiger partial charge in [-0.15, -0.1) is 5.10 Å². The highest BCUT2D eigenvalue weighted by Gasteiger charge is 2.50. The predicted octanol–water partition coefficient (Wildman–Crippen LogP) is 0.184. The van der Waals surface area contributed by atoms with Crippen molar-refractivity contribution in [3.05, 3.63) is 42.2 Å². The number of quaternary nitrogens is 1. The van der Waals surface area contributed by atoms with E-state index < -0.39 is 5.66 Å². The number of aryl methyl sites for hydroxylation is 1. The van der Waals surface area contributed by atoms with Gasteiger partial charge in [0.1, 0.15) is 20.0 Å².